The smallest absolute Gasteiger partial charge is 0.0550 e. The van der Waals surface area contributed by atoms with Crippen molar-refractivity contribution in [2.75, 3.05) is 0 Å². The molecule has 1 atom stereocenters. The Morgan fingerprint density at radius 2 is 2.11 bits per heavy atom. The second-order valence-corrected chi connectivity index (χ2v) is 6.02. The van der Waals surface area contributed by atoms with Crippen molar-refractivity contribution < 1.29 is 0 Å². The maximum atomic E-state index is 6.12. The summed E-state index contributed by atoms with van der Waals surface area (Å²) in [6.07, 6.45) is 5.87. The van der Waals surface area contributed by atoms with Crippen LogP contribution in [0.3, 0.4) is 0 Å². The predicted octanol–water partition coefficient (Wildman–Crippen LogP) is 6.46. The quantitative estimate of drug-likeness (QED) is 0.464. The first-order chi connectivity index (χ1) is 8.93. The molecule has 1 aromatic rings. The maximum Gasteiger partial charge on any atom is 0.0550 e. The minimum atomic E-state index is 0.232. The average Bonchev–Trinajstić information content (AvgIpc) is 2.41. The number of hydrogen-bond donors (Lipinski definition) is 1. The van der Waals surface area contributed by atoms with Crippen LogP contribution in [0.2, 0.25) is 5.02 Å². The number of allylic oxidation sites excluding steroid dienone is 4. The molecule has 0 aromatic heterocycles. The molecule has 0 saturated carbocycles. The van der Waals surface area contributed by atoms with E-state index in [0.29, 0.717) is 0 Å². The van der Waals surface area contributed by atoms with E-state index in [0.717, 1.165) is 25.5 Å². The molecule has 0 bridgehead atoms. The lowest BCUT2D eigenvalue weighted by molar-refractivity contribution is 0.905. The van der Waals surface area contributed by atoms with Crippen molar-refractivity contribution >= 4 is 40.2 Å². The van der Waals surface area contributed by atoms with E-state index in [2.05, 4.69) is 61.1 Å². The molecule has 0 fully saturated rings. The van der Waals surface area contributed by atoms with Crippen molar-refractivity contribution in [2.24, 2.45) is 0 Å². The molecule has 0 heterocycles. The first kappa shape index (κ1) is 16.6. The van der Waals surface area contributed by atoms with Gasteiger partial charge in [0.2, 0.25) is 0 Å². The van der Waals surface area contributed by atoms with Crippen molar-refractivity contribution in [1.29, 1.82) is 0 Å². The Labute approximate surface area is 134 Å². The lowest BCUT2D eigenvalue weighted by Gasteiger charge is -2.19. The fraction of sp³-hybridized carbons (Fsp3) is 0.250. The third-order valence-corrected chi connectivity index (χ3v) is 5.16. The molecule has 0 N–H and O–H groups in total. The Bertz CT molecular complexity index is 544. The van der Waals surface area contributed by atoms with Gasteiger partial charge in [-0.3, -0.25) is 0 Å². The largest absolute Gasteiger partial charge is 0.143 e. The molecule has 0 aliphatic heterocycles. The molecule has 102 valence electrons. The Morgan fingerprint density at radius 3 is 2.63 bits per heavy atom. The van der Waals surface area contributed by atoms with Gasteiger partial charge in [0.05, 0.1) is 5.02 Å². The molecule has 0 saturated heterocycles. The van der Waals surface area contributed by atoms with Gasteiger partial charge in [-0.05, 0) is 52.5 Å². The molecule has 1 unspecified atom stereocenters. The number of halogens is 2. The zero-order valence-corrected chi connectivity index (χ0v) is 14.6. The summed E-state index contributed by atoms with van der Waals surface area (Å²) in [5.74, 6) is 0.232. The van der Waals surface area contributed by atoms with Gasteiger partial charge in [-0.1, -0.05) is 49.4 Å². The van der Waals surface area contributed by atoms with Gasteiger partial charge in [0, 0.05) is 15.3 Å². The summed E-state index contributed by atoms with van der Waals surface area (Å²) in [5, 5.41) is 0.736. The van der Waals surface area contributed by atoms with Crippen molar-refractivity contribution in [2.45, 2.75) is 26.7 Å². The zero-order chi connectivity index (χ0) is 14.6. The van der Waals surface area contributed by atoms with Crippen LogP contribution in [0.25, 0.3) is 0 Å². The van der Waals surface area contributed by atoms with Crippen LogP contribution >= 0.6 is 40.2 Å². The monoisotopic (exact) mass is 356 g/mol. The summed E-state index contributed by atoms with van der Waals surface area (Å²) in [4.78, 5) is 0.899. The highest BCUT2D eigenvalue weighted by atomic mass is 79.9. The highest BCUT2D eigenvalue weighted by Crippen LogP contribution is 2.36. The van der Waals surface area contributed by atoms with Gasteiger partial charge in [-0.25, -0.2) is 0 Å². The molecule has 1 rings (SSSR count). The molecular weight excluding hydrogens is 340 g/mol. The summed E-state index contributed by atoms with van der Waals surface area (Å²) in [6, 6.07) is 3.99. The van der Waals surface area contributed by atoms with Crippen molar-refractivity contribution in [1.82, 2.24) is 0 Å². The van der Waals surface area contributed by atoms with E-state index in [1.54, 1.807) is 6.08 Å². The summed E-state index contributed by atoms with van der Waals surface area (Å²) in [7, 11) is 0. The third kappa shape index (κ3) is 3.77. The summed E-state index contributed by atoms with van der Waals surface area (Å²) in [5.41, 5.74) is 3.54. The molecule has 0 amide bonds. The number of thiol groups is 1. The molecule has 3 heteroatoms. The highest BCUT2D eigenvalue weighted by Gasteiger charge is 2.16. The van der Waals surface area contributed by atoms with Gasteiger partial charge in [-0.2, -0.15) is 0 Å². The topological polar surface area (TPSA) is 0 Å². The average molecular weight is 358 g/mol. The minimum Gasteiger partial charge on any atom is -0.143 e. The Morgan fingerprint density at radius 1 is 1.47 bits per heavy atom. The van der Waals surface area contributed by atoms with Crippen LogP contribution < -0.4 is 0 Å². The minimum absolute atomic E-state index is 0.232. The van der Waals surface area contributed by atoms with Crippen LogP contribution in [0.4, 0.5) is 0 Å². The van der Waals surface area contributed by atoms with Crippen LogP contribution in [-0.2, 0) is 0 Å². The van der Waals surface area contributed by atoms with Gasteiger partial charge in [0.15, 0.2) is 0 Å². The second kappa shape index (κ2) is 7.37. The lowest BCUT2D eigenvalue weighted by atomic mass is 9.89. The van der Waals surface area contributed by atoms with Gasteiger partial charge < -0.3 is 0 Å². The lowest BCUT2D eigenvalue weighted by Crippen LogP contribution is -2.01. The summed E-state index contributed by atoms with van der Waals surface area (Å²) in [6.45, 7) is 10.0. The standard InChI is InChI=1S/C16H18BrClS/c1-5-7-13(15(19)6-2)10(3)12-8-9-14(18)16(17)11(12)4/h5-10,19H,2H2,1,3-4H3/b7-5-,15-13-. The van der Waals surface area contributed by atoms with Crippen LogP contribution in [0.15, 0.2) is 51.9 Å². The molecule has 0 aliphatic rings. The van der Waals surface area contributed by atoms with Crippen LogP contribution in [0.1, 0.15) is 30.9 Å². The molecule has 0 radical (unpaired) electrons. The molecule has 0 spiro atoms. The molecule has 1 aromatic carbocycles. The molecule has 0 nitrogen and oxygen atoms in total. The second-order valence-electron chi connectivity index (χ2n) is 4.34. The Balaban J connectivity index is 3.37. The normalized spacial score (nSPS) is 14.4. The molecular formula is C16H18BrClS. The summed E-state index contributed by atoms with van der Waals surface area (Å²) >= 11 is 14.2. The van der Waals surface area contributed by atoms with E-state index in [-0.39, 0.29) is 5.92 Å². The van der Waals surface area contributed by atoms with E-state index in [4.69, 9.17) is 11.6 Å². The van der Waals surface area contributed by atoms with Gasteiger partial charge in [0.1, 0.15) is 0 Å². The van der Waals surface area contributed by atoms with Crippen LogP contribution in [-0.4, -0.2) is 0 Å². The van der Waals surface area contributed by atoms with Gasteiger partial charge in [-0.15, -0.1) is 12.6 Å². The van der Waals surface area contributed by atoms with E-state index in [1.807, 2.05) is 19.1 Å². The van der Waals surface area contributed by atoms with E-state index < -0.39 is 0 Å². The fourth-order valence-electron chi connectivity index (χ4n) is 2.05. The highest BCUT2D eigenvalue weighted by molar-refractivity contribution is 9.10. The third-order valence-electron chi connectivity index (χ3n) is 3.15. The van der Waals surface area contributed by atoms with Crippen molar-refractivity contribution in [3.05, 3.63) is 68.0 Å². The molecule has 19 heavy (non-hydrogen) atoms. The van der Waals surface area contributed by atoms with Crippen molar-refractivity contribution in [3.8, 4) is 0 Å². The number of hydrogen-bond acceptors (Lipinski definition) is 1. The van der Waals surface area contributed by atoms with E-state index in [9.17, 15) is 0 Å². The SMILES string of the molecule is C=C/C(S)=C(\C=C/C)C(C)c1ccc(Cl)c(Br)c1C. The van der Waals surface area contributed by atoms with E-state index in [1.165, 1.54) is 5.56 Å². The van der Waals surface area contributed by atoms with Gasteiger partial charge in [0.25, 0.3) is 0 Å². The Hall–Kier alpha value is -0.440. The van der Waals surface area contributed by atoms with E-state index >= 15 is 0 Å². The van der Waals surface area contributed by atoms with Crippen molar-refractivity contribution in [3.63, 3.8) is 0 Å². The predicted molar refractivity (Wildman–Crippen MR) is 93.3 cm³/mol. The first-order valence-corrected chi connectivity index (χ1v) is 7.68. The maximum absolute atomic E-state index is 6.12. The zero-order valence-electron chi connectivity index (χ0n) is 11.4. The Kier molecular flexibility index (Phi) is 6.45. The van der Waals surface area contributed by atoms with Crippen LogP contribution in [0.5, 0.6) is 0 Å². The van der Waals surface area contributed by atoms with Crippen LogP contribution in [0, 0.1) is 6.92 Å². The number of rotatable bonds is 4. The number of benzene rings is 1. The summed E-state index contributed by atoms with van der Waals surface area (Å²) < 4.78 is 0.956. The first-order valence-electron chi connectivity index (χ1n) is 6.06. The fourth-order valence-corrected chi connectivity index (χ4v) is 2.89. The van der Waals surface area contributed by atoms with Gasteiger partial charge >= 0.3 is 0 Å². The molecule has 0 aliphatic carbocycles.